The summed E-state index contributed by atoms with van der Waals surface area (Å²) in [4.78, 5) is 18.5. The molecule has 2 aromatic rings. The van der Waals surface area contributed by atoms with Crippen molar-refractivity contribution in [3.63, 3.8) is 0 Å². The van der Waals surface area contributed by atoms with E-state index in [1.165, 1.54) is 28.7 Å². The summed E-state index contributed by atoms with van der Waals surface area (Å²) in [5.74, 6) is 0.181. The molecule has 106 valence electrons. The third-order valence-corrected chi connectivity index (χ3v) is 5.11. The maximum absolute atomic E-state index is 12.5. The van der Waals surface area contributed by atoms with Gasteiger partial charge < -0.3 is 5.11 Å². The number of hydrogen-bond donors (Lipinski definition) is 1. The molecule has 4 rings (SSSR count). The van der Waals surface area contributed by atoms with E-state index in [1.807, 2.05) is 17.5 Å². The fourth-order valence-electron chi connectivity index (χ4n) is 3.50. The van der Waals surface area contributed by atoms with E-state index in [0.717, 1.165) is 5.57 Å². The minimum atomic E-state index is -0.108. The van der Waals surface area contributed by atoms with Crippen molar-refractivity contribution in [3.8, 4) is 0 Å². The molecule has 1 saturated heterocycles. The van der Waals surface area contributed by atoms with Crippen molar-refractivity contribution in [1.29, 1.82) is 0 Å². The molecule has 21 heavy (non-hydrogen) atoms. The Hall–Kier alpha value is -2.14. The van der Waals surface area contributed by atoms with Crippen molar-refractivity contribution in [3.05, 3.63) is 58.8 Å². The number of aliphatic hydroxyl groups excluding tert-OH is 1. The van der Waals surface area contributed by atoms with Crippen molar-refractivity contribution < 1.29 is 9.90 Å². The Morgan fingerprint density at radius 2 is 2.24 bits per heavy atom. The van der Waals surface area contributed by atoms with Crippen LogP contribution in [-0.4, -0.2) is 22.0 Å². The standard InChI is InChI=1S/C16H14N2O2S/c19-9-11-7-10-3-1-2-4-12(10)13-8-14(20)18(15(11)13)16-17-5-6-21-16/h1-6,9,13,15,19H,7-8H2. The van der Waals surface area contributed by atoms with Gasteiger partial charge in [-0.25, -0.2) is 4.98 Å². The molecule has 4 nitrogen and oxygen atoms in total. The number of hydrogen-bond acceptors (Lipinski definition) is 4. The number of carbonyl (C=O) groups excluding carboxylic acids is 1. The quantitative estimate of drug-likeness (QED) is 0.823. The first-order valence-corrected chi connectivity index (χ1v) is 7.80. The summed E-state index contributed by atoms with van der Waals surface area (Å²) in [6.07, 6.45) is 4.04. The van der Waals surface area contributed by atoms with E-state index in [1.54, 1.807) is 11.1 Å². The lowest BCUT2D eigenvalue weighted by Gasteiger charge is -2.33. The number of thiazole rings is 1. The molecule has 5 heteroatoms. The molecule has 0 radical (unpaired) electrons. The van der Waals surface area contributed by atoms with Crippen LogP contribution in [0.15, 0.2) is 47.7 Å². The zero-order chi connectivity index (χ0) is 14.4. The van der Waals surface area contributed by atoms with E-state index in [0.29, 0.717) is 18.0 Å². The van der Waals surface area contributed by atoms with E-state index in [2.05, 4.69) is 17.1 Å². The monoisotopic (exact) mass is 298 g/mol. The Kier molecular flexibility index (Phi) is 2.82. The van der Waals surface area contributed by atoms with E-state index in [4.69, 9.17) is 0 Å². The molecule has 2 atom stereocenters. The van der Waals surface area contributed by atoms with Crippen LogP contribution in [0.25, 0.3) is 0 Å². The summed E-state index contributed by atoms with van der Waals surface area (Å²) >= 11 is 1.46. The molecular formula is C16H14N2O2S. The van der Waals surface area contributed by atoms with Crippen molar-refractivity contribution >= 4 is 22.4 Å². The van der Waals surface area contributed by atoms with Crippen LogP contribution in [0.5, 0.6) is 0 Å². The Morgan fingerprint density at radius 3 is 3.00 bits per heavy atom. The number of benzene rings is 1. The molecular weight excluding hydrogens is 284 g/mol. The van der Waals surface area contributed by atoms with Crippen molar-refractivity contribution in [1.82, 2.24) is 4.98 Å². The minimum Gasteiger partial charge on any atom is -0.516 e. The summed E-state index contributed by atoms with van der Waals surface area (Å²) in [5, 5.41) is 12.2. The summed E-state index contributed by atoms with van der Waals surface area (Å²) in [6, 6.07) is 8.08. The highest BCUT2D eigenvalue weighted by Gasteiger charge is 2.47. The number of anilines is 1. The predicted octanol–water partition coefficient (Wildman–Crippen LogP) is 3.03. The number of aromatic nitrogens is 1. The number of carbonyl (C=O) groups is 1. The lowest BCUT2D eigenvalue weighted by atomic mass is 9.77. The van der Waals surface area contributed by atoms with Gasteiger partial charge in [0.25, 0.3) is 0 Å². The van der Waals surface area contributed by atoms with Gasteiger partial charge >= 0.3 is 0 Å². The third-order valence-electron chi connectivity index (χ3n) is 4.34. The van der Waals surface area contributed by atoms with Gasteiger partial charge in [-0.3, -0.25) is 9.69 Å². The van der Waals surface area contributed by atoms with Gasteiger partial charge in [0.05, 0.1) is 12.3 Å². The first kappa shape index (κ1) is 12.6. The predicted molar refractivity (Wildman–Crippen MR) is 81.6 cm³/mol. The SMILES string of the molecule is O=C1CC2c3ccccc3CC(=CO)C2N1c1nccs1. The Labute approximate surface area is 126 Å². The van der Waals surface area contributed by atoms with Gasteiger partial charge in [0, 0.05) is 23.9 Å². The van der Waals surface area contributed by atoms with E-state index in [-0.39, 0.29) is 17.9 Å². The number of amides is 1. The molecule has 1 aliphatic heterocycles. The molecule has 2 aliphatic rings. The Bertz CT molecular complexity index is 724. The van der Waals surface area contributed by atoms with Crippen LogP contribution in [0.2, 0.25) is 0 Å². The molecule has 1 N–H and O–H groups in total. The van der Waals surface area contributed by atoms with Crippen molar-refractivity contribution in [2.24, 2.45) is 0 Å². The molecule has 0 saturated carbocycles. The lowest BCUT2D eigenvalue weighted by molar-refractivity contribution is -0.117. The van der Waals surface area contributed by atoms with Gasteiger partial charge in [-0.2, -0.15) is 0 Å². The molecule has 1 aromatic carbocycles. The topological polar surface area (TPSA) is 53.4 Å². The smallest absolute Gasteiger partial charge is 0.230 e. The maximum Gasteiger partial charge on any atom is 0.230 e. The highest BCUT2D eigenvalue weighted by atomic mass is 32.1. The summed E-state index contributed by atoms with van der Waals surface area (Å²) in [6.45, 7) is 0. The largest absolute Gasteiger partial charge is 0.516 e. The molecule has 1 amide bonds. The van der Waals surface area contributed by atoms with Gasteiger partial charge in [0.1, 0.15) is 0 Å². The second kappa shape index (κ2) is 4.70. The van der Waals surface area contributed by atoms with Crippen molar-refractivity contribution in [2.75, 3.05) is 4.90 Å². The van der Waals surface area contributed by atoms with Gasteiger partial charge in [-0.05, 0) is 23.1 Å². The zero-order valence-corrected chi connectivity index (χ0v) is 12.1. The van der Waals surface area contributed by atoms with Crippen LogP contribution in [-0.2, 0) is 11.2 Å². The number of nitrogens with zero attached hydrogens (tertiary/aromatic N) is 2. The van der Waals surface area contributed by atoms with Crippen LogP contribution >= 0.6 is 11.3 Å². The first-order chi connectivity index (χ1) is 10.3. The van der Waals surface area contributed by atoms with Crippen LogP contribution in [0.1, 0.15) is 23.5 Å². The molecule has 2 heterocycles. The molecule has 0 spiro atoms. The first-order valence-electron chi connectivity index (χ1n) is 6.92. The fraction of sp³-hybridized carbons (Fsp3) is 0.250. The van der Waals surface area contributed by atoms with Gasteiger partial charge in [-0.1, -0.05) is 24.3 Å². The van der Waals surface area contributed by atoms with Gasteiger partial charge in [-0.15, -0.1) is 11.3 Å². The number of rotatable bonds is 1. The average molecular weight is 298 g/mol. The Balaban J connectivity index is 1.85. The molecule has 1 fully saturated rings. The van der Waals surface area contributed by atoms with Gasteiger partial charge in [0.15, 0.2) is 5.13 Å². The molecule has 1 aliphatic carbocycles. The fourth-order valence-corrected chi connectivity index (χ4v) is 4.20. The van der Waals surface area contributed by atoms with E-state index < -0.39 is 0 Å². The van der Waals surface area contributed by atoms with Crippen LogP contribution in [0.3, 0.4) is 0 Å². The Morgan fingerprint density at radius 1 is 1.38 bits per heavy atom. The number of fused-ring (bicyclic) bond motifs is 3. The normalized spacial score (nSPS) is 26.0. The molecule has 1 aromatic heterocycles. The molecule has 0 bridgehead atoms. The van der Waals surface area contributed by atoms with Gasteiger partial charge in [0.2, 0.25) is 5.91 Å². The second-order valence-corrected chi connectivity index (χ2v) is 6.29. The highest BCUT2D eigenvalue weighted by Crippen LogP contribution is 2.46. The van der Waals surface area contributed by atoms with Crippen LogP contribution in [0, 0.1) is 0 Å². The lowest BCUT2D eigenvalue weighted by Crippen LogP contribution is -2.39. The summed E-state index contributed by atoms with van der Waals surface area (Å²) in [5.41, 5.74) is 3.31. The average Bonchev–Trinajstić information content (AvgIpc) is 3.13. The van der Waals surface area contributed by atoms with Crippen molar-refractivity contribution in [2.45, 2.75) is 24.8 Å². The number of aliphatic hydroxyl groups is 1. The molecule has 2 unspecified atom stereocenters. The second-order valence-electron chi connectivity index (χ2n) is 5.41. The van der Waals surface area contributed by atoms with Crippen LogP contribution in [0.4, 0.5) is 5.13 Å². The maximum atomic E-state index is 12.5. The van der Waals surface area contributed by atoms with E-state index >= 15 is 0 Å². The summed E-state index contributed by atoms with van der Waals surface area (Å²) in [7, 11) is 0. The van der Waals surface area contributed by atoms with Crippen LogP contribution < -0.4 is 4.90 Å². The highest BCUT2D eigenvalue weighted by molar-refractivity contribution is 7.13. The summed E-state index contributed by atoms with van der Waals surface area (Å²) < 4.78 is 0. The third kappa shape index (κ3) is 1.81. The zero-order valence-electron chi connectivity index (χ0n) is 11.3. The minimum absolute atomic E-state index is 0.0796. The van der Waals surface area contributed by atoms with E-state index in [9.17, 15) is 9.90 Å².